The summed E-state index contributed by atoms with van der Waals surface area (Å²) < 4.78 is 0. The zero-order valence-corrected chi connectivity index (χ0v) is 13.1. The summed E-state index contributed by atoms with van der Waals surface area (Å²) in [5.41, 5.74) is -0.661. The molecule has 1 rings (SSSR count). The largest absolute Gasteiger partial charge is 0.481 e. The number of nitrogens with zero attached hydrogens (tertiary/aromatic N) is 1. The number of carbonyl (C=O) groups is 3. The maximum absolute atomic E-state index is 12.0. The smallest absolute Gasteiger partial charge is 0.324 e. The van der Waals surface area contributed by atoms with Crippen LogP contribution in [0.1, 0.15) is 52.9 Å². The lowest BCUT2D eigenvalue weighted by molar-refractivity contribution is -0.139. The number of urea groups is 1. The molecule has 0 radical (unpaired) electrons. The van der Waals surface area contributed by atoms with Crippen molar-refractivity contribution in [1.29, 1.82) is 0 Å². The molecule has 1 atom stereocenters. The van der Waals surface area contributed by atoms with Crippen molar-refractivity contribution in [2.24, 2.45) is 11.3 Å². The molecule has 1 aliphatic rings. The van der Waals surface area contributed by atoms with E-state index in [1.54, 1.807) is 18.7 Å². The van der Waals surface area contributed by atoms with Crippen molar-refractivity contribution in [3.8, 4) is 0 Å². The lowest BCUT2D eigenvalue weighted by Gasteiger charge is -2.22. The number of imide groups is 1. The van der Waals surface area contributed by atoms with Crippen LogP contribution in [0.4, 0.5) is 4.79 Å². The van der Waals surface area contributed by atoms with Crippen LogP contribution in [0.5, 0.6) is 0 Å². The fourth-order valence-corrected chi connectivity index (χ4v) is 2.81. The van der Waals surface area contributed by atoms with Gasteiger partial charge in [-0.1, -0.05) is 27.2 Å². The minimum atomic E-state index is -0.943. The first kappa shape index (κ1) is 17.5. The van der Waals surface area contributed by atoms with Gasteiger partial charge in [0.05, 0.1) is 6.42 Å². The summed E-state index contributed by atoms with van der Waals surface area (Å²) in [5, 5.41) is 11.2. The summed E-state index contributed by atoms with van der Waals surface area (Å²) in [6.07, 6.45) is 3.11. The van der Waals surface area contributed by atoms with Gasteiger partial charge in [-0.15, -0.1) is 0 Å². The van der Waals surface area contributed by atoms with E-state index in [4.69, 9.17) is 5.11 Å². The van der Waals surface area contributed by atoms with E-state index in [1.807, 2.05) is 0 Å². The monoisotopic (exact) mass is 298 g/mol. The normalized spacial score (nSPS) is 18.6. The van der Waals surface area contributed by atoms with E-state index < -0.39 is 17.3 Å². The molecule has 1 aliphatic heterocycles. The first-order valence-corrected chi connectivity index (χ1v) is 7.54. The van der Waals surface area contributed by atoms with E-state index in [9.17, 15) is 14.4 Å². The van der Waals surface area contributed by atoms with Crippen LogP contribution in [0.2, 0.25) is 0 Å². The lowest BCUT2D eigenvalue weighted by Crippen LogP contribution is -2.43. The van der Waals surface area contributed by atoms with Gasteiger partial charge in [-0.25, -0.2) is 4.79 Å². The van der Waals surface area contributed by atoms with Crippen LogP contribution < -0.4 is 5.32 Å². The van der Waals surface area contributed by atoms with Gasteiger partial charge in [0.2, 0.25) is 5.91 Å². The van der Waals surface area contributed by atoms with Crippen LogP contribution in [0.25, 0.3) is 0 Å². The molecular weight excluding hydrogens is 272 g/mol. The summed E-state index contributed by atoms with van der Waals surface area (Å²) >= 11 is 0. The maximum atomic E-state index is 12.0. The second kappa shape index (κ2) is 7.43. The first-order valence-electron chi connectivity index (χ1n) is 7.54. The van der Waals surface area contributed by atoms with Crippen molar-refractivity contribution in [2.45, 2.75) is 52.9 Å². The lowest BCUT2D eigenvalue weighted by atomic mass is 9.85. The molecule has 0 aromatic heterocycles. The Labute approximate surface area is 125 Å². The van der Waals surface area contributed by atoms with E-state index >= 15 is 0 Å². The zero-order valence-electron chi connectivity index (χ0n) is 13.1. The maximum Gasteiger partial charge on any atom is 0.324 e. The first-order chi connectivity index (χ1) is 9.73. The molecule has 120 valence electrons. The third-order valence-electron chi connectivity index (χ3n) is 3.79. The number of nitrogens with one attached hydrogen (secondary N) is 1. The standard InChI is InChI=1S/C15H26N2O4/c1-4-5-11-6-7-17(10-11)14(21)16-12(18)8-15(2,3)9-13(19)20/h11H,4-10H2,1-3H3,(H,19,20)(H,16,18,21). The van der Waals surface area contributed by atoms with Gasteiger partial charge in [0.25, 0.3) is 0 Å². The molecule has 2 N–H and O–H groups in total. The van der Waals surface area contributed by atoms with Crippen LogP contribution >= 0.6 is 0 Å². The Balaban J connectivity index is 2.41. The predicted octanol–water partition coefficient (Wildman–Crippen LogP) is 2.24. The number of carboxylic acid groups (broad SMARTS) is 1. The Bertz CT molecular complexity index is 406. The van der Waals surface area contributed by atoms with E-state index in [1.165, 1.54) is 0 Å². The molecule has 3 amide bonds. The summed E-state index contributed by atoms with van der Waals surface area (Å²) in [7, 11) is 0. The molecule has 0 bridgehead atoms. The van der Waals surface area contributed by atoms with Crippen LogP contribution in [0, 0.1) is 11.3 Å². The number of likely N-dealkylation sites (tertiary alicyclic amines) is 1. The fraction of sp³-hybridized carbons (Fsp3) is 0.800. The van der Waals surface area contributed by atoms with Crippen LogP contribution in [0.15, 0.2) is 0 Å². The van der Waals surface area contributed by atoms with Crippen LogP contribution in [0.3, 0.4) is 0 Å². The molecular formula is C15H26N2O4. The second-order valence-electron chi connectivity index (χ2n) is 6.65. The summed E-state index contributed by atoms with van der Waals surface area (Å²) in [6, 6.07) is -0.357. The molecule has 1 heterocycles. The highest BCUT2D eigenvalue weighted by Crippen LogP contribution is 2.25. The molecule has 0 saturated carbocycles. The van der Waals surface area contributed by atoms with Gasteiger partial charge in [-0.05, 0) is 24.2 Å². The molecule has 0 aliphatic carbocycles. The highest BCUT2D eigenvalue weighted by molar-refractivity contribution is 5.94. The van der Waals surface area contributed by atoms with E-state index in [-0.39, 0.29) is 18.9 Å². The molecule has 6 heteroatoms. The van der Waals surface area contributed by atoms with E-state index in [0.29, 0.717) is 19.0 Å². The van der Waals surface area contributed by atoms with Crippen molar-refractivity contribution in [2.75, 3.05) is 13.1 Å². The minimum Gasteiger partial charge on any atom is -0.481 e. The number of hydrogen-bond acceptors (Lipinski definition) is 3. The van der Waals surface area contributed by atoms with Gasteiger partial charge in [0.1, 0.15) is 0 Å². The van der Waals surface area contributed by atoms with Gasteiger partial charge in [0, 0.05) is 19.5 Å². The summed E-state index contributed by atoms with van der Waals surface area (Å²) in [4.78, 5) is 36.2. The van der Waals surface area contributed by atoms with Crippen molar-refractivity contribution in [3.63, 3.8) is 0 Å². The molecule has 0 aromatic carbocycles. The number of carbonyl (C=O) groups excluding carboxylic acids is 2. The number of amides is 3. The summed E-state index contributed by atoms with van der Waals surface area (Å²) in [6.45, 7) is 6.92. The molecule has 6 nitrogen and oxygen atoms in total. The summed E-state index contributed by atoms with van der Waals surface area (Å²) in [5.74, 6) is -0.828. The van der Waals surface area contributed by atoms with Gasteiger partial charge >= 0.3 is 12.0 Å². The molecule has 1 saturated heterocycles. The van der Waals surface area contributed by atoms with Gasteiger partial charge in [0.15, 0.2) is 0 Å². The average molecular weight is 298 g/mol. The van der Waals surface area contributed by atoms with Crippen LogP contribution in [-0.2, 0) is 9.59 Å². The third-order valence-corrected chi connectivity index (χ3v) is 3.79. The number of rotatable bonds is 6. The third kappa shape index (κ3) is 6.14. The molecule has 0 spiro atoms. The highest BCUT2D eigenvalue weighted by atomic mass is 16.4. The SMILES string of the molecule is CCCC1CCN(C(=O)NC(=O)CC(C)(C)CC(=O)O)C1. The van der Waals surface area contributed by atoms with Gasteiger partial charge < -0.3 is 10.0 Å². The average Bonchev–Trinajstić information content (AvgIpc) is 2.75. The van der Waals surface area contributed by atoms with Crippen molar-refractivity contribution in [1.82, 2.24) is 10.2 Å². The number of aliphatic carboxylic acids is 1. The van der Waals surface area contributed by atoms with E-state index in [2.05, 4.69) is 12.2 Å². The minimum absolute atomic E-state index is 0.0251. The molecule has 21 heavy (non-hydrogen) atoms. The van der Waals surface area contributed by atoms with Crippen LogP contribution in [-0.4, -0.2) is 41.0 Å². The van der Waals surface area contributed by atoms with Crippen molar-refractivity contribution in [3.05, 3.63) is 0 Å². The Hall–Kier alpha value is -1.59. The highest BCUT2D eigenvalue weighted by Gasteiger charge is 2.29. The molecule has 1 unspecified atom stereocenters. The quantitative estimate of drug-likeness (QED) is 0.787. The Kier molecular flexibility index (Phi) is 6.18. The second-order valence-corrected chi connectivity index (χ2v) is 6.65. The van der Waals surface area contributed by atoms with E-state index in [0.717, 1.165) is 19.3 Å². The van der Waals surface area contributed by atoms with Gasteiger partial charge in [-0.3, -0.25) is 14.9 Å². The Morgan fingerprint density at radius 1 is 1.29 bits per heavy atom. The fourth-order valence-electron chi connectivity index (χ4n) is 2.81. The number of hydrogen-bond donors (Lipinski definition) is 2. The molecule has 1 fully saturated rings. The van der Waals surface area contributed by atoms with Crippen molar-refractivity contribution < 1.29 is 19.5 Å². The number of carboxylic acids is 1. The predicted molar refractivity (Wildman–Crippen MR) is 78.8 cm³/mol. The zero-order chi connectivity index (χ0) is 16.0. The Morgan fingerprint density at radius 2 is 1.95 bits per heavy atom. The Morgan fingerprint density at radius 3 is 2.52 bits per heavy atom. The van der Waals surface area contributed by atoms with Crippen molar-refractivity contribution >= 4 is 17.9 Å². The van der Waals surface area contributed by atoms with Gasteiger partial charge in [-0.2, -0.15) is 0 Å². The topological polar surface area (TPSA) is 86.7 Å². The molecule has 0 aromatic rings.